The van der Waals surface area contributed by atoms with Gasteiger partial charge in [-0.2, -0.15) is 0 Å². The molecular formula is C20H16N2O3. The van der Waals surface area contributed by atoms with E-state index < -0.39 is 0 Å². The summed E-state index contributed by atoms with van der Waals surface area (Å²) in [7, 11) is 0. The Morgan fingerprint density at radius 3 is 2.32 bits per heavy atom. The average Bonchev–Trinajstić information content (AvgIpc) is 3.12. The Kier molecular flexibility index (Phi) is 4.29. The molecule has 1 aliphatic rings. The number of para-hydroxylation sites is 1. The van der Waals surface area contributed by atoms with E-state index in [1.807, 2.05) is 66.7 Å². The molecule has 0 spiro atoms. The van der Waals surface area contributed by atoms with E-state index in [0.717, 1.165) is 17.1 Å². The van der Waals surface area contributed by atoms with E-state index in [9.17, 15) is 0 Å². The van der Waals surface area contributed by atoms with Gasteiger partial charge in [0, 0.05) is 6.20 Å². The van der Waals surface area contributed by atoms with Crippen LogP contribution in [-0.2, 0) is 4.84 Å². The van der Waals surface area contributed by atoms with E-state index in [0.29, 0.717) is 18.1 Å². The summed E-state index contributed by atoms with van der Waals surface area (Å²) in [6.07, 6.45) is 3.76. The molecule has 0 unspecified atom stereocenters. The number of benzene rings is 2. The largest absolute Gasteiger partial charge is 0.457 e. The zero-order chi connectivity index (χ0) is 16.9. The monoisotopic (exact) mass is 332 g/mol. The molecule has 0 N–H and O–H groups in total. The molecule has 0 aliphatic carbocycles. The summed E-state index contributed by atoms with van der Waals surface area (Å²) in [4.78, 5) is 9.50. The minimum atomic E-state index is -0.155. The van der Waals surface area contributed by atoms with Gasteiger partial charge in [-0.25, -0.2) is 0 Å². The van der Waals surface area contributed by atoms with E-state index >= 15 is 0 Å². The van der Waals surface area contributed by atoms with E-state index in [1.165, 1.54) is 0 Å². The van der Waals surface area contributed by atoms with E-state index in [1.54, 1.807) is 12.4 Å². The van der Waals surface area contributed by atoms with Crippen molar-refractivity contribution >= 4 is 5.90 Å². The smallest absolute Gasteiger partial charge is 0.235 e. The van der Waals surface area contributed by atoms with Crippen LogP contribution in [0.15, 0.2) is 84.3 Å². The van der Waals surface area contributed by atoms with Gasteiger partial charge in [0.05, 0.1) is 12.6 Å². The number of aromatic nitrogens is 1. The van der Waals surface area contributed by atoms with E-state index in [2.05, 4.69) is 10.1 Å². The molecule has 1 aromatic heterocycles. The van der Waals surface area contributed by atoms with Crippen molar-refractivity contribution in [3.05, 3.63) is 84.7 Å². The van der Waals surface area contributed by atoms with Crippen LogP contribution in [0.4, 0.5) is 0 Å². The number of ether oxygens (including phenoxy) is 2. The first-order chi connectivity index (χ1) is 12.4. The second-order valence-electron chi connectivity index (χ2n) is 5.56. The van der Waals surface area contributed by atoms with Gasteiger partial charge in [-0.15, -0.1) is 0 Å². The lowest BCUT2D eigenvalue weighted by molar-refractivity contribution is 0.0855. The van der Waals surface area contributed by atoms with E-state index in [-0.39, 0.29) is 6.10 Å². The standard InChI is InChI=1S/C20H16N2O3/c1-2-5-16(6-3-1)23-17-10-8-15(9-11-17)19-13-20(22-25-19)24-18-7-4-12-21-14-18/h1-12,14,19H,13H2/t19-/m0/s1. The third kappa shape index (κ3) is 3.77. The molecule has 0 amide bonds. The Bertz CT molecular complexity index is 849. The van der Waals surface area contributed by atoms with Crippen LogP contribution in [0.3, 0.4) is 0 Å². The van der Waals surface area contributed by atoms with Crippen LogP contribution in [0.5, 0.6) is 17.2 Å². The fourth-order valence-corrected chi connectivity index (χ4v) is 2.51. The van der Waals surface area contributed by atoms with Gasteiger partial charge < -0.3 is 14.3 Å². The van der Waals surface area contributed by atoms with Crippen molar-refractivity contribution in [3.63, 3.8) is 0 Å². The summed E-state index contributed by atoms with van der Waals surface area (Å²) in [6, 6.07) is 21.1. The molecule has 4 rings (SSSR count). The molecule has 0 radical (unpaired) electrons. The van der Waals surface area contributed by atoms with Crippen molar-refractivity contribution in [2.75, 3.05) is 0 Å². The highest BCUT2D eigenvalue weighted by Crippen LogP contribution is 2.30. The summed E-state index contributed by atoms with van der Waals surface area (Å²) in [5.41, 5.74) is 1.02. The number of rotatable bonds is 4. The molecule has 1 aliphatic heterocycles. The SMILES string of the molecule is c1ccc(Oc2ccc([C@@H]3CC(Oc4cccnc4)=NO3)cc2)cc1. The van der Waals surface area contributed by atoms with Crippen molar-refractivity contribution in [1.29, 1.82) is 0 Å². The molecule has 0 bridgehead atoms. The lowest BCUT2D eigenvalue weighted by Gasteiger charge is -2.10. The van der Waals surface area contributed by atoms with Crippen molar-refractivity contribution < 1.29 is 14.3 Å². The van der Waals surface area contributed by atoms with E-state index in [4.69, 9.17) is 14.3 Å². The second kappa shape index (κ2) is 7.05. The normalized spacial score (nSPS) is 16.0. The van der Waals surface area contributed by atoms with Gasteiger partial charge in [0.25, 0.3) is 0 Å². The van der Waals surface area contributed by atoms with Crippen LogP contribution in [0.1, 0.15) is 18.1 Å². The quantitative estimate of drug-likeness (QED) is 0.693. The Hall–Kier alpha value is -3.34. The Labute approximate surface area is 145 Å². The van der Waals surface area contributed by atoms with Crippen LogP contribution in [0.2, 0.25) is 0 Å². The highest BCUT2D eigenvalue weighted by atomic mass is 16.7. The molecule has 5 nitrogen and oxygen atoms in total. The Balaban J connectivity index is 1.37. The van der Waals surface area contributed by atoms with Crippen molar-refractivity contribution in [3.8, 4) is 17.2 Å². The third-order valence-corrected chi connectivity index (χ3v) is 3.74. The van der Waals surface area contributed by atoms with Crippen LogP contribution in [0, 0.1) is 0 Å². The maximum atomic E-state index is 5.80. The molecule has 2 aromatic carbocycles. The highest BCUT2D eigenvalue weighted by Gasteiger charge is 2.24. The van der Waals surface area contributed by atoms with Crippen LogP contribution in [-0.4, -0.2) is 10.9 Å². The Morgan fingerprint density at radius 1 is 0.800 bits per heavy atom. The summed E-state index contributed by atoms with van der Waals surface area (Å²) in [5, 5.41) is 4.01. The molecule has 1 atom stereocenters. The molecule has 124 valence electrons. The number of hydrogen-bond acceptors (Lipinski definition) is 5. The predicted octanol–water partition coefficient (Wildman–Crippen LogP) is 4.73. The lowest BCUT2D eigenvalue weighted by Crippen LogP contribution is -2.07. The first-order valence-corrected chi connectivity index (χ1v) is 8.00. The van der Waals surface area contributed by atoms with Crippen molar-refractivity contribution in [1.82, 2.24) is 4.98 Å². The lowest BCUT2D eigenvalue weighted by atomic mass is 10.1. The minimum absolute atomic E-state index is 0.155. The Morgan fingerprint density at radius 2 is 1.56 bits per heavy atom. The zero-order valence-corrected chi connectivity index (χ0v) is 13.4. The minimum Gasteiger partial charge on any atom is -0.457 e. The molecule has 3 aromatic rings. The molecule has 0 fully saturated rings. The van der Waals surface area contributed by atoms with Crippen LogP contribution in [0.25, 0.3) is 0 Å². The number of oxime groups is 1. The van der Waals surface area contributed by atoms with Gasteiger partial charge in [0.15, 0.2) is 6.10 Å². The summed E-state index contributed by atoms with van der Waals surface area (Å²) in [6.45, 7) is 0. The van der Waals surface area contributed by atoms with Crippen LogP contribution >= 0.6 is 0 Å². The average molecular weight is 332 g/mol. The number of hydrogen-bond donors (Lipinski definition) is 0. The molecule has 5 heteroatoms. The van der Waals surface area contributed by atoms with Crippen LogP contribution < -0.4 is 9.47 Å². The topological polar surface area (TPSA) is 52.9 Å². The van der Waals surface area contributed by atoms with Gasteiger partial charge in [0.2, 0.25) is 5.90 Å². The number of nitrogens with zero attached hydrogens (tertiary/aromatic N) is 2. The summed E-state index contributed by atoms with van der Waals surface area (Å²) >= 11 is 0. The third-order valence-electron chi connectivity index (χ3n) is 3.74. The molecule has 25 heavy (non-hydrogen) atoms. The van der Waals surface area contributed by atoms with Gasteiger partial charge in [0.1, 0.15) is 17.2 Å². The maximum absolute atomic E-state index is 5.80. The molecule has 0 saturated carbocycles. The fourth-order valence-electron chi connectivity index (χ4n) is 2.51. The van der Waals surface area contributed by atoms with Gasteiger partial charge in [-0.1, -0.05) is 35.5 Å². The molecule has 2 heterocycles. The van der Waals surface area contributed by atoms with Crippen molar-refractivity contribution in [2.45, 2.75) is 12.5 Å². The van der Waals surface area contributed by atoms with Gasteiger partial charge >= 0.3 is 0 Å². The van der Waals surface area contributed by atoms with Crippen molar-refractivity contribution in [2.24, 2.45) is 5.16 Å². The summed E-state index contributed by atoms with van der Waals surface area (Å²) in [5.74, 6) is 2.78. The maximum Gasteiger partial charge on any atom is 0.235 e. The predicted molar refractivity (Wildman–Crippen MR) is 93.7 cm³/mol. The summed E-state index contributed by atoms with van der Waals surface area (Å²) < 4.78 is 11.5. The molecule has 0 saturated heterocycles. The highest BCUT2D eigenvalue weighted by molar-refractivity contribution is 5.79. The van der Waals surface area contributed by atoms with Gasteiger partial charge in [-0.05, 0) is 42.0 Å². The number of pyridine rings is 1. The second-order valence-corrected chi connectivity index (χ2v) is 5.56. The molecular weight excluding hydrogens is 316 g/mol. The first-order valence-electron chi connectivity index (χ1n) is 8.00. The first kappa shape index (κ1) is 15.2. The fraction of sp³-hybridized carbons (Fsp3) is 0.100. The zero-order valence-electron chi connectivity index (χ0n) is 13.4. The van der Waals surface area contributed by atoms with Gasteiger partial charge in [-0.3, -0.25) is 4.98 Å².